The Morgan fingerprint density at radius 1 is 1.77 bits per heavy atom. The standard InChI is InChI=1S/C10H12O3/c1-6-8-5-7(11)3-4-10(8,2)13-9(6)12/h3-4,7-8,11H,1,5H2,2H3. The van der Waals surface area contributed by atoms with Crippen molar-refractivity contribution in [3.63, 3.8) is 0 Å². The average Bonchev–Trinajstić information content (AvgIpc) is 2.28. The number of carbonyl (C=O) groups excluding carboxylic acids is 1. The normalized spacial score (nSPS) is 43.2. The van der Waals surface area contributed by atoms with Crippen LogP contribution in [0.25, 0.3) is 0 Å². The van der Waals surface area contributed by atoms with Crippen molar-refractivity contribution in [1.82, 2.24) is 0 Å². The van der Waals surface area contributed by atoms with Crippen molar-refractivity contribution >= 4 is 5.97 Å². The summed E-state index contributed by atoms with van der Waals surface area (Å²) >= 11 is 0. The van der Waals surface area contributed by atoms with Crippen LogP contribution >= 0.6 is 0 Å². The van der Waals surface area contributed by atoms with E-state index in [1.807, 2.05) is 6.92 Å². The number of ether oxygens (including phenoxy) is 1. The second kappa shape index (κ2) is 2.45. The molecule has 1 aliphatic carbocycles. The molecule has 1 fully saturated rings. The van der Waals surface area contributed by atoms with Gasteiger partial charge in [0.05, 0.1) is 6.10 Å². The number of aliphatic hydroxyl groups is 1. The van der Waals surface area contributed by atoms with Gasteiger partial charge in [-0.15, -0.1) is 0 Å². The minimum atomic E-state index is -0.576. The summed E-state index contributed by atoms with van der Waals surface area (Å²) in [5, 5.41) is 9.38. The highest BCUT2D eigenvalue weighted by atomic mass is 16.6. The SMILES string of the molecule is C=C1C(=O)OC2(C)C=CC(O)CC12. The largest absolute Gasteiger partial charge is 0.451 e. The summed E-state index contributed by atoms with van der Waals surface area (Å²) < 4.78 is 5.18. The molecule has 0 aromatic heterocycles. The molecular weight excluding hydrogens is 168 g/mol. The molecule has 70 valence electrons. The molecule has 1 saturated heterocycles. The lowest BCUT2D eigenvalue weighted by molar-refractivity contribution is -0.143. The van der Waals surface area contributed by atoms with Crippen LogP contribution in [-0.2, 0) is 9.53 Å². The molecular formula is C10H12O3. The van der Waals surface area contributed by atoms with Gasteiger partial charge >= 0.3 is 5.97 Å². The van der Waals surface area contributed by atoms with E-state index in [0.717, 1.165) is 0 Å². The lowest BCUT2D eigenvalue weighted by Crippen LogP contribution is -2.35. The second-order valence-electron chi connectivity index (χ2n) is 3.81. The Balaban J connectivity index is 2.38. The third kappa shape index (κ3) is 1.11. The summed E-state index contributed by atoms with van der Waals surface area (Å²) in [5.41, 5.74) is -0.0983. The minimum Gasteiger partial charge on any atom is -0.451 e. The molecule has 0 aromatic carbocycles. The van der Waals surface area contributed by atoms with Gasteiger partial charge in [-0.05, 0) is 19.4 Å². The molecule has 1 aliphatic heterocycles. The Labute approximate surface area is 76.7 Å². The van der Waals surface area contributed by atoms with Crippen LogP contribution in [0.4, 0.5) is 0 Å². The first-order valence-corrected chi connectivity index (χ1v) is 4.32. The van der Waals surface area contributed by atoms with Crippen molar-refractivity contribution in [2.24, 2.45) is 5.92 Å². The van der Waals surface area contributed by atoms with Crippen LogP contribution in [0.3, 0.4) is 0 Å². The molecule has 3 heteroatoms. The van der Waals surface area contributed by atoms with Gasteiger partial charge in [0, 0.05) is 11.5 Å². The van der Waals surface area contributed by atoms with Gasteiger partial charge in [0.15, 0.2) is 0 Å². The molecule has 0 spiro atoms. The van der Waals surface area contributed by atoms with E-state index in [9.17, 15) is 9.90 Å². The topological polar surface area (TPSA) is 46.5 Å². The van der Waals surface area contributed by atoms with Crippen LogP contribution in [0, 0.1) is 5.92 Å². The summed E-state index contributed by atoms with van der Waals surface area (Å²) in [6.07, 6.45) is 3.46. The zero-order valence-electron chi connectivity index (χ0n) is 7.49. The summed E-state index contributed by atoms with van der Waals surface area (Å²) in [6, 6.07) is 0. The van der Waals surface area contributed by atoms with E-state index in [4.69, 9.17) is 4.74 Å². The number of hydrogen-bond acceptors (Lipinski definition) is 3. The predicted molar refractivity (Wildman–Crippen MR) is 46.9 cm³/mol. The first kappa shape index (κ1) is 8.51. The molecule has 0 saturated carbocycles. The van der Waals surface area contributed by atoms with Gasteiger partial charge in [-0.1, -0.05) is 12.7 Å². The maximum Gasteiger partial charge on any atom is 0.334 e. The third-order valence-corrected chi connectivity index (χ3v) is 2.81. The summed E-state index contributed by atoms with van der Waals surface area (Å²) in [4.78, 5) is 11.2. The molecule has 0 bridgehead atoms. The van der Waals surface area contributed by atoms with Crippen LogP contribution in [0.5, 0.6) is 0 Å². The fourth-order valence-electron chi connectivity index (χ4n) is 1.97. The zero-order chi connectivity index (χ0) is 9.64. The van der Waals surface area contributed by atoms with Gasteiger partial charge in [0.25, 0.3) is 0 Å². The lowest BCUT2D eigenvalue weighted by atomic mass is 9.78. The van der Waals surface area contributed by atoms with Gasteiger partial charge in [-0.2, -0.15) is 0 Å². The maximum atomic E-state index is 11.2. The Morgan fingerprint density at radius 3 is 3.15 bits per heavy atom. The van der Waals surface area contributed by atoms with Crippen LogP contribution < -0.4 is 0 Å². The number of carbonyl (C=O) groups is 1. The van der Waals surface area contributed by atoms with Crippen molar-refractivity contribution < 1.29 is 14.6 Å². The first-order chi connectivity index (χ1) is 6.03. The highest BCUT2D eigenvalue weighted by Gasteiger charge is 2.48. The predicted octanol–water partition coefficient (Wildman–Crippen LogP) is 0.795. The van der Waals surface area contributed by atoms with E-state index in [1.54, 1.807) is 12.2 Å². The average molecular weight is 180 g/mol. The van der Waals surface area contributed by atoms with Gasteiger partial charge < -0.3 is 9.84 Å². The minimum absolute atomic E-state index is 0.0694. The quantitative estimate of drug-likeness (QED) is 0.340. The number of hydrogen-bond donors (Lipinski definition) is 1. The number of rotatable bonds is 0. The Kier molecular flexibility index (Phi) is 1.60. The Morgan fingerprint density at radius 2 is 2.46 bits per heavy atom. The molecule has 1 N–H and O–H groups in total. The summed E-state index contributed by atoms with van der Waals surface area (Å²) in [6.45, 7) is 5.52. The molecule has 3 atom stereocenters. The Bertz CT molecular complexity index is 305. The molecule has 3 nitrogen and oxygen atoms in total. The van der Waals surface area contributed by atoms with Crippen molar-refractivity contribution in [3.05, 3.63) is 24.3 Å². The summed E-state index contributed by atoms with van der Waals surface area (Å²) in [7, 11) is 0. The number of esters is 1. The first-order valence-electron chi connectivity index (χ1n) is 4.32. The van der Waals surface area contributed by atoms with E-state index in [2.05, 4.69) is 6.58 Å². The Hall–Kier alpha value is -1.09. The second-order valence-corrected chi connectivity index (χ2v) is 3.81. The van der Waals surface area contributed by atoms with E-state index in [-0.39, 0.29) is 11.9 Å². The molecule has 2 rings (SSSR count). The monoisotopic (exact) mass is 180 g/mol. The third-order valence-electron chi connectivity index (χ3n) is 2.81. The highest BCUT2D eigenvalue weighted by molar-refractivity contribution is 5.91. The van der Waals surface area contributed by atoms with E-state index >= 15 is 0 Å². The van der Waals surface area contributed by atoms with Crippen LogP contribution in [-0.4, -0.2) is 22.8 Å². The van der Waals surface area contributed by atoms with Crippen molar-refractivity contribution in [1.29, 1.82) is 0 Å². The molecule has 13 heavy (non-hydrogen) atoms. The van der Waals surface area contributed by atoms with Crippen molar-refractivity contribution in [2.45, 2.75) is 25.0 Å². The highest BCUT2D eigenvalue weighted by Crippen LogP contribution is 2.42. The van der Waals surface area contributed by atoms with Crippen LogP contribution in [0.1, 0.15) is 13.3 Å². The zero-order valence-corrected chi connectivity index (χ0v) is 7.49. The maximum absolute atomic E-state index is 11.2. The lowest BCUT2D eigenvalue weighted by Gasteiger charge is -2.30. The van der Waals surface area contributed by atoms with Crippen molar-refractivity contribution in [3.8, 4) is 0 Å². The van der Waals surface area contributed by atoms with Gasteiger partial charge in [-0.3, -0.25) is 0 Å². The molecule has 0 radical (unpaired) electrons. The van der Waals surface area contributed by atoms with E-state index < -0.39 is 11.7 Å². The molecule has 1 heterocycles. The molecule has 3 unspecified atom stereocenters. The van der Waals surface area contributed by atoms with Gasteiger partial charge in [-0.25, -0.2) is 4.79 Å². The van der Waals surface area contributed by atoms with Gasteiger partial charge in [0.1, 0.15) is 5.60 Å². The fraction of sp³-hybridized carbons (Fsp3) is 0.500. The number of fused-ring (bicyclic) bond motifs is 1. The summed E-state index contributed by atoms with van der Waals surface area (Å²) in [5.74, 6) is -0.411. The van der Waals surface area contributed by atoms with E-state index in [1.165, 1.54) is 0 Å². The fourth-order valence-corrected chi connectivity index (χ4v) is 1.97. The van der Waals surface area contributed by atoms with Crippen LogP contribution in [0.2, 0.25) is 0 Å². The molecule has 2 aliphatic rings. The van der Waals surface area contributed by atoms with Crippen LogP contribution in [0.15, 0.2) is 24.3 Å². The van der Waals surface area contributed by atoms with E-state index in [0.29, 0.717) is 12.0 Å². The van der Waals surface area contributed by atoms with Gasteiger partial charge in [0.2, 0.25) is 0 Å². The smallest absolute Gasteiger partial charge is 0.334 e. The molecule has 0 amide bonds. The molecule has 0 aromatic rings. The van der Waals surface area contributed by atoms with Crippen molar-refractivity contribution in [2.75, 3.05) is 0 Å². The number of aliphatic hydroxyl groups excluding tert-OH is 1.